The first-order valence-corrected chi connectivity index (χ1v) is 4.45. The fraction of sp³-hybridized carbons (Fsp3) is 0.200. The van der Waals surface area contributed by atoms with Gasteiger partial charge < -0.3 is 5.32 Å². The number of rotatable bonds is 2. The fourth-order valence-electron chi connectivity index (χ4n) is 1.48. The lowest BCUT2D eigenvalue weighted by molar-refractivity contribution is -0.112. The van der Waals surface area contributed by atoms with Crippen LogP contribution in [-0.4, -0.2) is 11.7 Å². The predicted octanol–water partition coefficient (Wildman–Crippen LogP) is 1.65. The standard InChI is InChI=1S/C10H8N2O3/c1-5(12-15)6-2-3-8-7(4-6)9(13)10(14)11-8/h2-5H,1H3,(H,11,13,14). The summed E-state index contributed by atoms with van der Waals surface area (Å²) in [5.74, 6) is -1.20. The van der Waals surface area contributed by atoms with Crippen LogP contribution in [-0.2, 0) is 4.79 Å². The molecular weight excluding hydrogens is 196 g/mol. The van der Waals surface area contributed by atoms with Gasteiger partial charge in [0.2, 0.25) is 0 Å². The van der Waals surface area contributed by atoms with E-state index in [1.54, 1.807) is 19.1 Å². The zero-order chi connectivity index (χ0) is 11.0. The Balaban J connectivity index is 2.48. The lowest BCUT2D eigenvalue weighted by Crippen LogP contribution is -2.12. The molecule has 1 aromatic carbocycles. The summed E-state index contributed by atoms with van der Waals surface area (Å²) in [6.07, 6.45) is 0. The third kappa shape index (κ3) is 1.41. The third-order valence-corrected chi connectivity index (χ3v) is 2.38. The predicted molar refractivity (Wildman–Crippen MR) is 53.6 cm³/mol. The summed E-state index contributed by atoms with van der Waals surface area (Å²) in [6, 6.07) is 4.29. The van der Waals surface area contributed by atoms with Crippen molar-refractivity contribution in [2.24, 2.45) is 5.18 Å². The molecule has 0 bridgehead atoms. The zero-order valence-electron chi connectivity index (χ0n) is 7.98. The van der Waals surface area contributed by atoms with Crippen molar-refractivity contribution in [1.29, 1.82) is 0 Å². The highest BCUT2D eigenvalue weighted by Gasteiger charge is 2.28. The van der Waals surface area contributed by atoms with Crippen molar-refractivity contribution in [1.82, 2.24) is 0 Å². The van der Waals surface area contributed by atoms with E-state index in [9.17, 15) is 14.5 Å². The minimum Gasteiger partial charge on any atom is -0.318 e. The van der Waals surface area contributed by atoms with Crippen molar-refractivity contribution < 1.29 is 9.59 Å². The summed E-state index contributed by atoms with van der Waals surface area (Å²) in [5.41, 5.74) is 1.44. The van der Waals surface area contributed by atoms with Gasteiger partial charge in [0.05, 0.1) is 11.3 Å². The van der Waals surface area contributed by atoms with E-state index >= 15 is 0 Å². The van der Waals surface area contributed by atoms with Crippen LogP contribution in [0.15, 0.2) is 23.4 Å². The Hall–Kier alpha value is -2.04. The SMILES string of the molecule is CC(N=O)c1ccc2c(c1)C(=O)C(=O)N2. The Morgan fingerprint density at radius 2 is 2.07 bits per heavy atom. The van der Waals surface area contributed by atoms with Crippen LogP contribution >= 0.6 is 0 Å². The number of Topliss-reactive ketones (excluding diaryl/α,β-unsaturated/α-hetero) is 1. The topological polar surface area (TPSA) is 75.6 Å². The number of anilines is 1. The monoisotopic (exact) mass is 204 g/mol. The van der Waals surface area contributed by atoms with Crippen molar-refractivity contribution >= 4 is 17.4 Å². The van der Waals surface area contributed by atoms with Crippen LogP contribution in [0.2, 0.25) is 0 Å². The number of nitrogens with one attached hydrogen (secondary N) is 1. The second-order valence-electron chi connectivity index (χ2n) is 3.37. The number of hydrogen-bond acceptors (Lipinski definition) is 4. The van der Waals surface area contributed by atoms with Crippen molar-refractivity contribution in [3.63, 3.8) is 0 Å². The van der Waals surface area contributed by atoms with Gasteiger partial charge in [-0.15, -0.1) is 0 Å². The first-order chi connectivity index (χ1) is 7.13. The second-order valence-corrected chi connectivity index (χ2v) is 3.37. The van der Waals surface area contributed by atoms with Crippen LogP contribution in [0, 0.1) is 4.91 Å². The van der Waals surface area contributed by atoms with Gasteiger partial charge in [-0.05, 0) is 24.6 Å². The van der Waals surface area contributed by atoms with Gasteiger partial charge >= 0.3 is 0 Å². The van der Waals surface area contributed by atoms with Gasteiger partial charge in [0, 0.05) is 0 Å². The van der Waals surface area contributed by atoms with E-state index in [-0.39, 0.29) is 0 Å². The number of nitroso groups, excluding NO2 is 1. The van der Waals surface area contributed by atoms with Crippen LogP contribution in [0.25, 0.3) is 0 Å². The number of carbonyl (C=O) groups is 2. The minimum absolute atomic E-state index is 0.313. The first-order valence-electron chi connectivity index (χ1n) is 4.45. The van der Waals surface area contributed by atoms with Gasteiger partial charge in [-0.25, -0.2) is 0 Å². The van der Waals surface area contributed by atoms with E-state index in [0.717, 1.165) is 0 Å². The van der Waals surface area contributed by atoms with E-state index in [0.29, 0.717) is 16.8 Å². The van der Waals surface area contributed by atoms with Crippen molar-refractivity contribution in [2.75, 3.05) is 5.32 Å². The Morgan fingerprint density at radius 3 is 2.73 bits per heavy atom. The van der Waals surface area contributed by atoms with Crippen LogP contribution in [0.3, 0.4) is 0 Å². The molecule has 15 heavy (non-hydrogen) atoms. The van der Waals surface area contributed by atoms with Crippen LogP contribution in [0.5, 0.6) is 0 Å². The molecule has 76 valence electrons. The first kappa shape index (κ1) is 9.51. The number of benzene rings is 1. The average Bonchev–Trinajstić information content (AvgIpc) is 2.54. The highest BCUT2D eigenvalue weighted by Crippen LogP contribution is 2.27. The molecule has 5 heteroatoms. The summed E-state index contributed by atoms with van der Waals surface area (Å²) in [6.45, 7) is 1.63. The quantitative estimate of drug-likeness (QED) is 0.587. The maximum Gasteiger partial charge on any atom is 0.296 e. The molecule has 1 N–H and O–H groups in total. The molecule has 0 fully saturated rings. The van der Waals surface area contributed by atoms with Crippen LogP contribution in [0.4, 0.5) is 5.69 Å². The third-order valence-electron chi connectivity index (χ3n) is 2.38. The second kappa shape index (κ2) is 3.27. The Labute approximate surface area is 85.5 Å². The number of amides is 1. The average molecular weight is 204 g/mol. The number of nitrogens with zero attached hydrogens (tertiary/aromatic N) is 1. The minimum atomic E-state index is -0.631. The molecule has 0 saturated carbocycles. The lowest BCUT2D eigenvalue weighted by atomic mass is 10.0. The summed E-state index contributed by atoms with van der Waals surface area (Å²) >= 11 is 0. The molecule has 1 aromatic rings. The van der Waals surface area contributed by atoms with Crippen molar-refractivity contribution in [3.05, 3.63) is 34.2 Å². The van der Waals surface area contributed by atoms with Gasteiger partial charge in [-0.2, -0.15) is 4.91 Å². The lowest BCUT2D eigenvalue weighted by Gasteiger charge is -2.04. The number of fused-ring (bicyclic) bond motifs is 1. The van der Waals surface area contributed by atoms with Gasteiger partial charge in [0.15, 0.2) is 0 Å². The van der Waals surface area contributed by atoms with Crippen LogP contribution < -0.4 is 5.32 Å². The molecule has 0 radical (unpaired) electrons. The summed E-state index contributed by atoms with van der Waals surface area (Å²) in [5, 5.41) is 5.30. The molecule has 1 aliphatic heterocycles. The number of hydrogen-bond donors (Lipinski definition) is 1. The van der Waals surface area contributed by atoms with Gasteiger partial charge in [-0.3, -0.25) is 9.59 Å². The fourth-order valence-corrected chi connectivity index (χ4v) is 1.48. The zero-order valence-corrected chi connectivity index (χ0v) is 7.98. The normalized spacial score (nSPS) is 15.8. The van der Waals surface area contributed by atoms with Crippen molar-refractivity contribution in [3.8, 4) is 0 Å². The number of ketones is 1. The van der Waals surface area contributed by atoms with E-state index < -0.39 is 17.7 Å². The molecular formula is C10H8N2O3. The molecule has 0 aromatic heterocycles. The van der Waals surface area contributed by atoms with E-state index in [4.69, 9.17) is 0 Å². The van der Waals surface area contributed by atoms with Gasteiger partial charge in [0.25, 0.3) is 11.7 Å². The maximum absolute atomic E-state index is 11.3. The van der Waals surface area contributed by atoms with E-state index in [1.165, 1.54) is 6.07 Å². The van der Waals surface area contributed by atoms with E-state index in [2.05, 4.69) is 10.5 Å². The molecule has 0 spiro atoms. The molecule has 1 heterocycles. The molecule has 1 atom stereocenters. The Bertz CT molecular complexity index is 468. The largest absolute Gasteiger partial charge is 0.318 e. The van der Waals surface area contributed by atoms with Crippen LogP contribution in [0.1, 0.15) is 28.9 Å². The Kier molecular flexibility index (Phi) is 2.07. The Morgan fingerprint density at radius 1 is 1.33 bits per heavy atom. The maximum atomic E-state index is 11.3. The molecule has 0 saturated heterocycles. The molecule has 5 nitrogen and oxygen atoms in total. The van der Waals surface area contributed by atoms with Crippen molar-refractivity contribution in [2.45, 2.75) is 13.0 Å². The molecule has 2 rings (SSSR count). The highest BCUT2D eigenvalue weighted by molar-refractivity contribution is 6.51. The summed E-state index contributed by atoms with van der Waals surface area (Å²) in [4.78, 5) is 32.7. The highest BCUT2D eigenvalue weighted by atomic mass is 16.3. The molecule has 1 amide bonds. The number of carbonyl (C=O) groups excluding carboxylic acids is 2. The molecule has 1 aliphatic rings. The molecule has 1 unspecified atom stereocenters. The van der Waals surface area contributed by atoms with Gasteiger partial charge in [-0.1, -0.05) is 11.2 Å². The summed E-state index contributed by atoms with van der Waals surface area (Å²) in [7, 11) is 0. The molecule has 0 aliphatic carbocycles. The smallest absolute Gasteiger partial charge is 0.296 e. The summed E-state index contributed by atoms with van der Waals surface area (Å²) < 4.78 is 0. The van der Waals surface area contributed by atoms with Gasteiger partial charge in [0.1, 0.15) is 6.04 Å². The van der Waals surface area contributed by atoms with E-state index in [1.807, 2.05) is 0 Å².